The molecule has 20 heavy (non-hydrogen) atoms. The Morgan fingerprint density at radius 3 is 2.50 bits per heavy atom. The minimum Gasteiger partial charge on any atom is -0.459 e. The number of quaternary nitrogens is 1. The minimum absolute atomic E-state index is 0.125. The molecule has 1 aromatic rings. The second-order valence-electron chi connectivity index (χ2n) is 6.36. The lowest BCUT2D eigenvalue weighted by molar-refractivity contribution is -0.902. The maximum atomic E-state index is 12.7. The van der Waals surface area contributed by atoms with E-state index in [9.17, 15) is 9.18 Å². The molecule has 0 aliphatic heterocycles. The van der Waals surface area contributed by atoms with Gasteiger partial charge in [-0.3, -0.25) is 9.28 Å². The van der Waals surface area contributed by atoms with Crippen LogP contribution in [0.5, 0.6) is 0 Å². The van der Waals surface area contributed by atoms with Gasteiger partial charge in [-0.1, -0.05) is 30.3 Å². The highest BCUT2D eigenvalue weighted by atomic mass is 19.1. The van der Waals surface area contributed by atoms with Crippen LogP contribution in [0.15, 0.2) is 30.3 Å². The third kappa shape index (κ3) is 3.79. The minimum atomic E-state index is -0.452. The first kappa shape index (κ1) is 15.0. The molecule has 1 aliphatic rings. The number of hydrogen-bond donors (Lipinski definition) is 0. The molecule has 0 atom stereocenters. The summed E-state index contributed by atoms with van der Waals surface area (Å²) in [6.07, 6.45) is 2.53. The number of alkyl halides is 1. The van der Waals surface area contributed by atoms with E-state index in [1.54, 1.807) is 14.1 Å². The molecule has 1 aromatic carbocycles. The summed E-state index contributed by atoms with van der Waals surface area (Å²) in [5, 5.41) is 0. The Balaban J connectivity index is 1.83. The molecule has 0 aromatic heterocycles. The lowest BCUT2D eigenvalue weighted by Crippen LogP contribution is -2.42. The summed E-state index contributed by atoms with van der Waals surface area (Å²) in [5.74, 6) is -0.125. The molecule has 1 aliphatic carbocycles. The lowest BCUT2D eigenvalue weighted by atomic mass is 9.97. The molecule has 0 heterocycles. The van der Waals surface area contributed by atoms with E-state index in [2.05, 4.69) is 0 Å². The van der Waals surface area contributed by atoms with Crippen LogP contribution in [0.2, 0.25) is 0 Å². The van der Waals surface area contributed by atoms with Crippen molar-refractivity contribution >= 4 is 5.97 Å². The quantitative estimate of drug-likeness (QED) is 0.436. The van der Waals surface area contributed by atoms with Gasteiger partial charge in [0.15, 0.2) is 0 Å². The Bertz CT molecular complexity index is 455. The topological polar surface area (TPSA) is 26.3 Å². The zero-order chi connectivity index (χ0) is 14.6. The molecule has 4 heteroatoms. The van der Waals surface area contributed by atoms with Crippen molar-refractivity contribution in [1.29, 1.82) is 0 Å². The normalized spacial score (nSPS) is 16.8. The predicted octanol–water partition coefficient (Wildman–Crippen LogP) is 2.56. The van der Waals surface area contributed by atoms with Crippen molar-refractivity contribution in [3.63, 3.8) is 0 Å². The summed E-state index contributed by atoms with van der Waals surface area (Å²) in [7, 11) is 3.56. The first-order valence-corrected chi connectivity index (χ1v) is 7.07. The molecule has 2 rings (SSSR count). The first-order chi connectivity index (χ1) is 9.47. The Morgan fingerprint density at radius 2 is 1.95 bits per heavy atom. The maximum absolute atomic E-state index is 12.7. The van der Waals surface area contributed by atoms with Gasteiger partial charge in [0.2, 0.25) is 6.80 Å². The van der Waals surface area contributed by atoms with Crippen LogP contribution in [0.1, 0.15) is 18.4 Å². The van der Waals surface area contributed by atoms with Crippen LogP contribution in [-0.4, -0.2) is 44.5 Å². The number of carbonyl (C=O) groups excluding carboxylic acids is 1. The molecule has 110 valence electrons. The van der Waals surface area contributed by atoms with Crippen LogP contribution in [0, 0.1) is 5.41 Å². The van der Waals surface area contributed by atoms with Gasteiger partial charge in [-0.05, 0) is 24.8 Å². The number of esters is 1. The average molecular weight is 280 g/mol. The third-order valence-corrected chi connectivity index (χ3v) is 3.93. The Hall–Kier alpha value is -1.42. The molecular formula is C16H23FNO2+. The van der Waals surface area contributed by atoms with Gasteiger partial charge < -0.3 is 4.74 Å². The Morgan fingerprint density at radius 1 is 1.30 bits per heavy atom. The summed E-state index contributed by atoms with van der Waals surface area (Å²) >= 11 is 0. The van der Waals surface area contributed by atoms with Crippen LogP contribution >= 0.6 is 0 Å². The maximum Gasteiger partial charge on any atom is 0.312 e. The fourth-order valence-corrected chi connectivity index (χ4v) is 2.19. The smallest absolute Gasteiger partial charge is 0.312 e. The van der Waals surface area contributed by atoms with Gasteiger partial charge in [0, 0.05) is 0 Å². The van der Waals surface area contributed by atoms with E-state index in [4.69, 9.17) is 4.74 Å². The second-order valence-corrected chi connectivity index (χ2v) is 6.36. The number of halogens is 1. The summed E-state index contributed by atoms with van der Waals surface area (Å²) < 4.78 is 18.2. The van der Waals surface area contributed by atoms with Crippen LogP contribution in [0.25, 0.3) is 0 Å². The highest BCUT2D eigenvalue weighted by Gasteiger charge is 2.51. The number of nitrogens with zero attached hydrogens (tertiary/aromatic N) is 1. The molecule has 0 amide bonds. The van der Waals surface area contributed by atoms with E-state index in [0.717, 1.165) is 19.3 Å². The van der Waals surface area contributed by atoms with Gasteiger partial charge in [0.1, 0.15) is 13.2 Å². The first-order valence-electron chi connectivity index (χ1n) is 7.07. The van der Waals surface area contributed by atoms with Crippen LogP contribution in [0.3, 0.4) is 0 Å². The molecule has 1 fully saturated rings. The van der Waals surface area contributed by atoms with E-state index < -0.39 is 6.80 Å². The van der Waals surface area contributed by atoms with Crippen molar-refractivity contribution in [3.8, 4) is 0 Å². The zero-order valence-electron chi connectivity index (χ0n) is 12.3. The molecule has 0 unspecified atom stereocenters. The van der Waals surface area contributed by atoms with Gasteiger partial charge in [-0.15, -0.1) is 0 Å². The third-order valence-electron chi connectivity index (χ3n) is 3.93. The molecule has 1 saturated carbocycles. The average Bonchev–Trinajstić information content (AvgIpc) is 3.20. The monoisotopic (exact) mass is 280 g/mol. The van der Waals surface area contributed by atoms with Crippen molar-refractivity contribution in [1.82, 2.24) is 0 Å². The number of ether oxygens (including phenoxy) is 1. The molecule has 0 saturated heterocycles. The van der Waals surface area contributed by atoms with Gasteiger partial charge in [-0.2, -0.15) is 4.39 Å². The molecular weight excluding hydrogens is 257 g/mol. The second kappa shape index (κ2) is 5.92. The Kier molecular flexibility index (Phi) is 4.43. The summed E-state index contributed by atoms with van der Waals surface area (Å²) in [5.41, 5.74) is 0.843. The number of hydrogen-bond acceptors (Lipinski definition) is 2. The fourth-order valence-electron chi connectivity index (χ4n) is 2.19. The molecule has 0 N–H and O–H groups in total. The SMILES string of the molecule is C[N+](C)(CF)CCOC(=O)C1(Cc2ccccc2)CC1. The highest BCUT2D eigenvalue weighted by Crippen LogP contribution is 2.49. The van der Waals surface area contributed by atoms with Crippen LogP contribution in [0.4, 0.5) is 4.39 Å². The standard InChI is InChI=1S/C16H23FNO2/c1-18(2,13-17)10-11-20-15(19)16(8-9-16)12-14-6-4-3-5-7-14/h3-7H,8-13H2,1-2H3/q+1. The van der Waals surface area contributed by atoms with E-state index in [0.29, 0.717) is 6.54 Å². The van der Waals surface area contributed by atoms with Crippen molar-refractivity contribution < 1.29 is 18.4 Å². The molecule has 3 nitrogen and oxygen atoms in total. The van der Waals surface area contributed by atoms with E-state index in [1.807, 2.05) is 30.3 Å². The fraction of sp³-hybridized carbons (Fsp3) is 0.562. The number of benzene rings is 1. The van der Waals surface area contributed by atoms with Crippen molar-refractivity contribution in [2.45, 2.75) is 19.3 Å². The van der Waals surface area contributed by atoms with Gasteiger partial charge in [-0.25, -0.2) is 0 Å². The lowest BCUT2D eigenvalue weighted by Gasteiger charge is -2.25. The van der Waals surface area contributed by atoms with Gasteiger partial charge >= 0.3 is 5.97 Å². The Labute approximate surface area is 119 Å². The van der Waals surface area contributed by atoms with Gasteiger partial charge in [0.25, 0.3) is 0 Å². The van der Waals surface area contributed by atoms with Crippen molar-refractivity contribution in [3.05, 3.63) is 35.9 Å². The predicted molar refractivity (Wildman–Crippen MR) is 75.7 cm³/mol. The van der Waals surface area contributed by atoms with Crippen LogP contribution in [-0.2, 0) is 16.0 Å². The molecule has 0 bridgehead atoms. The van der Waals surface area contributed by atoms with Gasteiger partial charge in [0.05, 0.1) is 19.5 Å². The summed E-state index contributed by atoms with van der Waals surface area (Å²) in [6.45, 7) is 0.336. The summed E-state index contributed by atoms with van der Waals surface area (Å²) in [6, 6.07) is 10.0. The van der Waals surface area contributed by atoms with E-state index in [-0.39, 0.29) is 22.5 Å². The number of rotatable bonds is 7. The zero-order valence-corrected chi connectivity index (χ0v) is 12.3. The van der Waals surface area contributed by atoms with E-state index >= 15 is 0 Å². The van der Waals surface area contributed by atoms with Crippen molar-refractivity contribution in [2.24, 2.45) is 5.41 Å². The molecule has 0 radical (unpaired) electrons. The number of carbonyl (C=O) groups is 1. The number of likely N-dealkylation sites (N-methyl/N-ethyl adjacent to an activating group) is 1. The highest BCUT2D eigenvalue weighted by molar-refractivity contribution is 5.80. The van der Waals surface area contributed by atoms with E-state index in [1.165, 1.54) is 5.56 Å². The van der Waals surface area contributed by atoms with Crippen LogP contribution < -0.4 is 0 Å². The van der Waals surface area contributed by atoms with Crippen molar-refractivity contribution in [2.75, 3.05) is 34.0 Å². The summed E-state index contributed by atoms with van der Waals surface area (Å²) in [4.78, 5) is 12.2. The molecule has 0 spiro atoms. The largest absolute Gasteiger partial charge is 0.459 e.